The number of halogens is 1. The van der Waals surface area contributed by atoms with Crippen molar-refractivity contribution in [3.63, 3.8) is 0 Å². The van der Waals surface area contributed by atoms with Crippen LogP contribution in [0.25, 0.3) is 11.1 Å². The summed E-state index contributed by atoms with van der Waals surface area (Å²) in [5.74, 6) is -1.000. The van der Waals surface area contributed by atoms with Gasteiger partial charge in [-0.15, -0.1) is 0 Å². The van der Waals surface area contributed by atoms with Crippen LogP contribution in [0.5, 0.6) is 0 Å². The quantitative estimate of drug-likeness (QED) is 0.802. The summed E-state index contributed by atoms with van der Waals surface area (Å²) in [5.41, 5.74) is 2.65. The summed E-state index contributed by atoms with van der Waals surface area (Å²) < 4.78 is 0.980. The molecule has 0 heterocycles. The van der Waals surface area contributed by atoms with Crippen LogP contribution in [0.2, 0.25) is 0 Å². The second-order valence-corrected chi connectivity index (χ2v) is 6.68. The second kappa shape index (κ2) is 7.61. The zero-order valence-electron chi connectivity index (χ0n) is 12.0. The number of hydrogen-bond donors (Lipinski definition) is 1. The third kappa shape index (κ3) is 3.99. The van der Waals surface area contributed by atoms with E-state index in [2.05, 4.69) is 15.9 Å². The molecule has 0 bridgehead atoms. The van der Waals surface area contributed by atoms with Crippen LogP contribution < -0.4 is 0 Å². The van der Waals surface area contributed by atoms with Gasteiger partial charge in [-0.2, -0.15) is 0 Å². The van der Waals surface area contributed by atoms with Gasteiger partial charge in [0, 0.05) is 10.9 Å². The van der Waals surface area contributed by atoms with Gasteiger partial charge in [0.05, 0.1) is 0 Å². The molecule has 3 nitrogen and oxygen atoms in total. The van der Waals surface area contributed by atoms with Crippen LogP contribution in [0, 0.1) is 0 Å². The number of carbonyl (C=O) groups excluding carboxylic acids is 1. The van der Waals surface area contributed by atoms with E-state index < -0.39 is 11.2 Å². The summed E-state index contributed by atoms with van der Waals surface area (Å²) in [7, 11) is 0. The molecular formula is C17H15BrO3S. The molecule has 0 amide bonds. The molecule has 114 valence electrons. The third-order valence-electron chi connectivity index (χ3n) is 3.16. The maximum atomic E-state index is 11.5. The van der Waals surface area contributed by atoms with Crippen molar-refractivity contribution in [2.24, 2.45) is 0 Å². The van der Waals surface area contributed by atoms with Crippen LogP contribution in [0.15, 0.2) is 53.0 Å². The highest BCUT2D eigenvalue weighted by atomic mass is 79.9. The van der Waals surface area contributed by atoms with Crippen LogP contribution in [0.1, 0.15) is 24.2 Å². The Bertz CT molecular complexity index is 683. The Labute approximate surface area is 141 Å². The minimum atomic E-state index is -1.000. The van der Waals surface area contributed by atoms with Crippen molar-refractivity contribution >= 4 is 38.8 Å². The molecule has 1 N–H and O–H groups in total. The van der Waals surface area contributed by atoms with E-state index in [1.165, 1.54) is 0 Å². The predicted molar refractivity (Wildman–Crippen MR) is 92.8 cm³/mol. The molecule has 0 saturated carbocycles. The predicted octanol–water partition coefficient (Wildman–Crippen LogP) is 4.91. The SMILES string of the molecule is CCC(=O)SC(C(=O)O)c1ccc(-c2ccccc2Br)cc1. The molecule has 0 aliphatic heterocycles. The first kappa shape index (κ1) is 16.8. The highest BCUT2D eigenvalue weighted by Crippen LogP contribution is 2.33. The molecule has 0 saturated heterocycles. The zero-order valence-corrected chi connectivity index (χ0v) is 14.4. The molecule has 22 heavy (non-hydrogen) atoms. The number of rotatable bonds is 5. The Balaban J connectivity index is 2.28. The standard InChI is InChI=1S/C17H15BrO3S/c1-2-15(19)22-16(17(20)21)12-9-7-11(8-10-12)13-5-3-4-6-14(13)18/h3-10,16H,2H2,1H3,(H,20,21). The fourth-order valence-electron chi connectivity index (χ4n) is 2.01. The average molecular weight is 379 g/mol. The van der Waals surface area contributed by atoms with E-state index in [9.17, 15) is 14.7 Å². The number of benzene rings is 2. The Kier molecular flexibility index (Phi) is 5.80. The minimum Gasteiger partial charge on any atom is -0.480 e. The van der Waals surface area contributed by atoms with Gasteiger partial charge in [-0.05, 0) is 22.8 Å². The summed E-state index contributed by atoms with van der Waals surface area (Å²) in [4.78, 5) is 22.9. The lowest BCUT2D eigenvalue weighted by Gasteiger charge is -2.12. The van der Waals surface area contributed by atoms with Crippen LogP contribution >= 0.6 is 27.7 Å². The molecule has 5 heteroatoms. The Morgan fingerprint density at radius 1 is 1.14 bits per heavy atom. The van der Waals surface area contributed by atoms with E-state index in [-0.39, 0.29) is 5.12 Å². The van der Waals surface area contributed by atoms with Gasteiger partial charge in [0.15, 0.2) is 5.12 Å². The summed E-state index contributed by atoms with van der Waals surface area (Å²) in [5, 5.41) is 8.34. The van der Waals surface area contributed by atoms with Crippen LogP contribution in [-0.4, -0.2) is 16.2 Å². The highest BCUT2D eigenvalue weighted by Gasteiger charge is 2.23. The first-order valence-electron chi connectivity index (χ1n) is 6.80. The van der Waals surface area contributed by atoms with E-state index in [0.717, 1.165) is 27.4 Å². The zero-order chi connectivity index (χ0) is 16.1. The topological polar surface area (TPSA) is 54.4 Å². The lowest BCUT2D eigenvalue weighted by atomic mass is 10.0. The Morgan fingerprint density at radius 3 is 2.32 bits per heavy atom. The summed E-state index contributed by atoms with van der Waals surface area (Å²) in [6, 6.07) is 15.1. The lowest BCUT2D eigenvalue weighted by molar-refractivity contribution is -0.136. The summed E-state index contributed by atoms with van der Waals surface area (Å²) in [6.45, 7) is 1.73. The van der Waals surface area contributed by atoms with Crippen molar-refractivity contribution < 1.29 is 14.7 Å². The minimum absolute atomic E-state index is 0.123. The number of hydrogen-bond acceptors (Lipinski definition) is 3. The van der Waals surface area contributed by atoms with Gasteiger partial charge in [0.2, 0.25) is 0 Å². The normalized spacial score (nSPS) is 11.9. The number of thioether (sulfide) groups is 1. The number of carboxylic acids is 1. The van der Waals surface area contributed by atoms with E-state index in [1.54, 1.807) is 19.1 Å². The first-order valence-corrected chi connectivity index (χ1v) is 8.47. The fourth-order valence-corrected chi connectivity index (χ4v) is 3.35. The summed E-state index contributed by atoms with van der Waals surface area (Å²) in [6.07, 6.45) is 0.323. The van der Waals surface area contributed by atoms with Gasteiger partial charge in [-0.3, -0.25) is 9.59 Å². The average Bonchev–Trinajstić information content (AvgIpc) is 2.53. The van der Waals surface area contributed by atoms with Crippen molar-refractivity contribution in [3.8, 4) is 11.1 Å². The van der Waals surface area contributed by atoms with E-state index in [1.807, 2.05) is 36.4 Å². The van der Waals surface area contributed by atoms with E-state index >= 15 is 0 Å². The Morgan fingerprint density at radius 2 is 1.77 bits per heavy atom. The highest BCUT2D eigenvalue weighted by molar-refractivity contribution is 9.10. The van der Waals surface area contributed by atoms with E-state index in [0.29, 0.717) is 12.0 Å². The summed E-state index contributed by atoms with van der Waals surface area (Å²) >= 11 is 4.37. The molecule has 1 atom stereocenters. The van der Waals surface area contributed by atoms with Crippen LogP contribution in [-0.2, 0) is 9.59 Å². The van der Waals surface area contributed by atoms with Crippen molar-refractivity contribution in [1.82, 2.24) is 0 Å². The van der Waals surface area contributed by atoms with Crippen LogP contribution in [0.4, 0.5) is 0 Å². The molecule has 2 rings (SSSR count). The van der Waals surface area contributed by atoms with Gasteiger partial charge < -0.3 is 5.11 Å². The van der Waals surface area contributed by atoms with Crippen molar-refractivity contribution in [1.29, 1.82) is 0 Å². The third-order valence-corrected chi connectivity index (χ3v) is 5.11. The van der Waals surface area contributed by atoms with Gasteiger partial charge in [-0.1, -0.05) is 77.1 Å². The molecule has 1 unspecified atom stereocenters. The second-order valence-electron chi connectivity index (χ2n) is 4.66. The smallest absolute Gasteiger partial charge is 0.321 e. The number of carbonyl (C=O) groups is 2. The molecule has 0 aliphatic carbocycles. The van der Waals surface area contributed by atoms with E-state index in [4.69, 9.17) is 0 Å². The van der Waals surface area contributed by atoms with Crippen molar-refractivity contribution in [2.75, 3.05) is 0 Å². The van der Waals surface area contributed by atoms with Gasteiger partial charge in [0.25, 0.3) is 0 Å². The molecule has 0 spiro atoms. The monoisotopic (exact) mass is 378 g/mol. The maximum absolute atomic E-state index is 11.5. The molecule has 2 aromatic rings. The lowest BCUT2D eigenvalue weighted by Crippen LogP contribution is -2.10. The molecule has 0 aromatic heterocycles. The van der Waals surface area contributed by atoms with Gasteiger partial charge in [-0.25, -0.2) is 0 Å². The number of carboxylic acid groups (broad SMARTS) is 1. The molecule has 0 fully saturated rings. The fraction of sp³-hybridized carbons (Fsp3) is 0.176. The van der Waals surface area contributed by atoms with Crippen molar-refractivity contribution in [2.45, 2.75) is 18.6 Å². The molecular weight excluding hydrogens is 364 g/mol. The Hall–Kier alpha value is -1.59. The molecule has 0 radical (unpaired) electrons. The van der Waals surface area contributed by atoms with Gasteiger partial charge >= 0.3 is 5.97 Å². The number of aliphatic carboxylic acids is 1. The van der Waals surface area contributed by atoms with Gasteiger partial charge in [0.1, 0.15) is 5.25 Å². The molecule has 0 aliphatic rings. The maximum Gasteiger partial charge on any atom is 0.321 e. The van der Waals surface area contributed by atoms with Crippen molar-refractivity contribution in [3.05, 3.63) is 58.6 Å². The first-order chi connectivity index (χ1) is 10.5. The molecule has 2 aromatic carbocycles. The van der Waals surface area contributed by atoms with Crippen LogP contribution in [0.3, 0.4) is 0 Å². The largest absolute Gasteiger partial charge is 0.480 e.